The Morgan fingerprint density at radius 1 is 0.750 bits per heavy atom. The molecule has 5 aromatic rings. The largest absolute Gasteiger partial charge is 0.489 e. The first-order chi connectivity index (χ1) is 15.7. The van der Waals surface area contributed by atoms with Gasteiger partial charge in [0.05, 0.1) is 5.02 Å². The minimum absolute atomic E-state index is 0.511. The van der Waals surface area contributed by atoms with Crippen LogP contribution in [0.15, 0.2) is 102 Å². The van der Waals surface area contributed by atoms with Gasteiger partial charge < -0.3 is 10.1 Å². The van der Waals surface area contributed by atoms with Crippen molar-refractivity contribution < 1.29 is 4.74 Å². The summed E-state index contributed by atoms with van der Waals surface area (Å²) in [5.74, 6) is 0.882. The lowest BCUT2D eigenvalue weighted by atomic mass is 10.0. The summed E-state index contributed by atoms with van der Waals surface area (Å²) in [5, 5.41) is 9.00. The molecule has 5 aromatic carbocycles. The smallest absolute Gasteiger partial charge is 0.125 e. The highest BCUT2D eigenvalue weighted by Gasteiger charge is 2.11. The van der Waals surface area contributed by atoms with E-state index in [4.69, 9.17) is 16.3 Å². The molecule has 0 heterocycles. The third-order valence-corrected chi connectivity index (χ3v) is 6.88. The number of ether oxygens (including phenoxy) is 1. The molecule has 0 aliphatic carbocycles. The van der Waals surface area contributed by atoms with Crippen molar-refractivity contribution in [3.8, 4) is 5.75 Å². The third-order valence-electron chi connectivity index (χ3n) is 5.65. The van der Waals surface area contributed by atoms with Crippen LogP contribution in [-0.2, 0) is 13.2 Å². The third kappa shape index (κ3) is 4.32. The zero-order valence-corrected chi connectivity index (χ0v) is 19.7. The highest BCUT2D eigenvalue weighted by atomic mass is 79.9. The second-order valence-electron chi connectivity index (χ2n) is 7.67. The van der Waals surface area contributed by atoms with Gasteiger partial charge in [-0.05, 0) is 67.3 Å². The van der Waals surface area contributed by atoms with Crippen molar-refractivity contribution in [2.24, 2.45) is 0 Å². The van der Waals surface area contributed by atoms with Crippen LogP contribution in [0, 0.1) is 0 Å². The van der Waals surface area contributed by atoms with Crippen molar-refractivity contribution in [1.82, 2.24) is 0 Å². The van der Waals surface area contributed by atoms with E-state index in [-0.39, 0.29) is 0 Å². The van der Waals surface area contributed by atoms with Crippen molar-refractivity contribution in [3.05, 3.63) is 118 Å². The van der Waals surface area contributed by atoms with Crippen molar-refractivity contribution in [3.63, 3.8) is 0 Å². The molecule has 0 amide bonds. The predicted octanol–water partition coefficient (Wildman–Crippen LogP) is 8.60. The monoisotopic (exact) mass is 501 g/mol. The van der Waals surface area contributed by atoms with Gasteiger partial charge in [0.2, 0.25) is 0 Å². The molecule has 0 radical (unpaired) electrons. The van der Waals surface area contributed by atoms with Crippen LogP contribution in [0.2, 0.25) is 5.02 Å². The fourth-order valence-electron chi connectivity index (χ4n) is 4.00. The van der Waals surface area contributed by atoms with Gasteiger partial charge in [0.25, 0.3) is 0 Å². The van der Waals surface area contributed by atoms with E-state index in [9.17, 15) is 0 Å². The van der Waals surface area contributed by atoms with Gasteiger partial charge in [-0.15, -0.1) is 0 Å². The summed E-state index contributed by atoms with van der Waals surface area (Å²) >= 11 is 9.73. The first-order valence-electron chi connectivity index (χ1n) is 10.5. The van der Waals surface area contributed by atoms with E-state index in [0.29, 0.717) is 18.2 Å². The van der Waals surface area contributed by atoms with Crippen LogP contribution >= 0.6 is 27.5 Å². The summed E-state index contributed by atoms with van der Waals surface area (Å²) in [6.45, 7) is 1.14. The molecule has 0 spiro atoms. The van der Waals surface area contributed by atoms with Crippen molar-refractivity contribution in [1.29, 1.82) is 0 Å². The zero-order valence-electron chi connectivity index (χ0n) is 17.3. The molecule has 0 atom stereocenters. The van der Waals surface area contributed by atoms with E-state index < -0.39 is 0 Å². The Bertz CT molecular complexity index is 1410. The van der Waals surface area contributed by atoms with Crippen LogP contribution in [0.4, 0.5) is 5.69 Å². The van der Waals surface area contributed by atoms with Crippen molar-refractivity contribution in [2.75, 3.05) is 5.32 Å². The number of nitrogens with one attached hydrogen (secondary N) is 1. The lowest BCUT2D eigenvalue weighted by molar-refractivity contribution is 0.305. The van der Waals surface area contributed by atoms with Crippen LogP contribution in [0.25, 0.3) is 21.5 Å². The Kier molecular flexibility index (Phi) is 6.02. The molecular weight excluding hydrogens is 482 g/mol. The summed E-state index contributed by atoms with van der Waals surface area (Å²) < 4.78 is 7.28. The molecule has 5 rings (SSSR count). The van der Waals surface area contributed by atoms with Gasteiger partial charge in [0, 0.05) is 22.3 Å². The Morgan fingerprint density at radius 3 is 2.28 bits per heavy atom. The maximum atomic E-state index is 6.40. The quantitative estimate of drug-likeness (QED) is 0.251. The van der Waals surface area contributed by atoms with Gasteiger partial charge in [-0.25, -0.2) is 0 Å². The standard InChI is InChI=1S/C28H21BrClNO/c29-26-14-13-22(16-27(26)30)31-17-25-24-11-4-2-7-20(24)12-15-28(25)32-18-21-9-5-8-19-6-1-3-10-23(19)21/h1-16,31H,17-18H2. The van der Waals surface area contributed by atoms with Gasteiger partial charge in [-0.2, -0.15) is 0 Å². The highest BCUT2D eigenvalue weighted by molar-refractivity contribution is 9.10. The molecule has 2 nitrogen and oxygen atoms in total. The normalized spacial score (nSPS) is 11.1. The molecule has 0 aliphatic rings. The van der Waals surface area contributed by atoms with Crippen LogP contribution < -0.4 is 10.1 Å². The average Bonchev–Trinajstić information content (AvgIpc) is 2.83. The lowest BCUT2D eigenvalue weighted by Crippen LogP contribution is -2.05. The average molecular weight is 503 g/mol. The van der Waals surface area contributed by atoms with Gasteiger partial charge in [0.1, 0.15) is 12.4 Å². The van der Waals surface area contributed by atoms with Gasteiger partial charge in [0.15, 0.2) is 0 Å². The first-order valence-corrected chi connectivity index (χ1v) is 11.6. The van der Waals surface area contributed by atoms with Crippen LogP contribution in [0.5, 0.6) is 5.75 Å². The number of rotatable bonds is 6. The minimum Gasteiger partial charge on any atom is -0.489 e. The molecule has 1 N–H and O–H groups in total. The van der Waals surface area contributed by atoms with Crippen LogP contribution in [0.1, 0.15) is 11.1 Å². The fraction of sp³-hybridized carbons (Fsp3) is 0.0714. The molecule has 158 valence electrons. The highest BCUT2D eigenvalue weighted by Crippen LogP contribution is 2.31. The van der Waals surface area contributed by atoms with Gasteiger partial charge in [-0.3, -0.25) is 0 Å². The van der Waals surface area contributed by atoms with Gasteiger partial charge >= 0.3 is 0 Å². The van der Waals surface area contributed by atoms with E-state index in [2.05, 4.69) is 100 Å². The molecule has 0 aliphatic heterocycles. The summed E-state index contributed by atoms with van der Waals surface area (Å²) in [6.07, 6.45) is 0. The first kappa shape index (κ1) is 20.9. The molecule has 32 heavy (non-hydrogen) atoms. The molecular formula is C28H21BrClNO. The van der Waals surface area contributed by atoms with E-state index in [1.54, 1.807) is 0 Å². The molecule has 0 saturated heterocycles. The van der Waals surface area contributed by atoms with Crippen LogP contribution in [0.3, 0.4) is 0 Å². The Balaban J connectivity index is 1.46. The number of halogens is 2. The maximum Gasteiger partial charge on any atom is 0.125 e. The Hall–Kier alpha value is -3.01. The SMILES string of the molecule is Clc1cc(NCc2c(OCc3cccc4ccccc34)ccc3ccccc23)ccc1Br. The maximum absolute atomic E-state index is 6.40. The zero-order chi connectivity index (χ0) is 21.9. The minimum atomic E-state index is 0.511. The second-order valence-corrected chi connectivity index (χ2v) is 8.93. The summed E-state index contributed by atoms with van der Waals surface area (Å²) in [6, 6.07) is 33.2. The van der Waals surface area contributed by atoms with Crippen molar-refractivity contribution >= 4 is 54.8 Å². The molecule has 0 bridgehead atoms. The van der Waals surface area contributed by atoms with E-state index in [0.717, 1.165) is 21.5 Å². The van der Waals surface area contributed by atoms with Gasteiger partial charge in [-0.1, -0.05) is 84.4 Å². The predicted molar refractivity (Wildman–Crippen MR) is 139 cm³/mol. The number of hydrogen-bond acceptors (Lipinski definition) is 2. The Morgan fingerprint density at radius 2 is 1.47 bits per heavy atom. The topological polar surface area (TPSA) is 21.3 Å². The molecule has 4 heteroatoms. The number of hydrogen-bond donors (Lipinski definition) is 1. The van der Waals surface area contributed by atoms with Crippen LogP contribution in [-0.4, -0.2) is 0 Å². The number of fused-ring (bicyclic) bond motifs is 2. The second kappa shape index (κ2) is 9.23. The summed E-state index contributed by atoms with van der Waals surface area (Å²) in [5.41, 5.74) is 3.27. The number of anilines is 1. The molecule has 0 unspecified atom stereocenters. The fourth-order valence-corrected chi connectivity index (χ4v) is 4.43. The number of benzene rings is 5. The summed E-state index contributed by atoms with van der Waals surface area (Å²) in [4.78, 5) is 0. The molecule has 0 fully saturated rings. The van der Waals surface area contributed by atoms with E-state index in [1.807, 2.05) is 18.2 Å². The summed E-state index contributed by atoms with van der Waals surface area (Å²) in [7, 11) is 0. The van der Waals surface area contributed by atoms with Crippen molar-refractivity contribution in [2.45, 2.75) is 13.2 Å². The molecule has 0 aromatic heterocycles. The Labute approximate surface area is 200 Å². The lowest BCUT2D eigenvalue weighted by Gasteiger charge is -2.16. The van der Waals surface area contributed by atoms with E-state index >= 15 is 0 Å². The molecule has 0 saturated carbocycles. The van der Waals surface area contributed by atoms with E-state index in [1.165, 1.54) is 27.1 Å².